The Kier molecular flexibility index (Phi) is 5.47. The summed E-state index contributed by atoms with van der Waals surface area (Å²) in [5.41, 5.74) is 0.119. The van der Waals surface area contributed by atoms with Crippen molar-refractivity contribution < 1.29 is 18.7 Å². The van der Waals surface area contributed by atoms with Gasteiger partial charge in [-0.3, -0.25) is 4.90 Å². The van der Waals surface area contributed by atoms with Gasteiger partial charge in [-0.25, -0.2) is 9.78 Å². The van der Waals surface area contributed by atoms with Crippen molar-refractivity contribution in [3.63, 3.8) is 0 Å². The van der Waals surface area contributed by atoms with Crippen LogP contribution in [-0.4, -0.2) is 41.5 Å². The standard InChI is InChI=1S/C16H22ClFN2O3/c1-16(2,3)20(9-22-4)15(21)23-11-7-10(8-11)12-5-6-13(17)19-14(12)18/h5-6,10-11H,7-9H2,1-4H3. The van der Waals surface area contributed by atoms with Gasteiger partial charge in [0.1, 0.15) is 18.0 Å². The van der Waals surface area contributed by atoms with E-state index in [9.17, 15) is 9.18 Å². The third-order valence-corrected chi connectivity index (χ3v) is 4.14. The molecule has 0 N–H and O–H groups in total. The molecule has 0 radical (unpaired) electrons. The summed E-state index contributed by atoms with van der Waals surface area (Å²) in [4.78, 5) is 17.4. The van der Waals surface area contributed by atoms with Crippen molar-refractivity contribution in [2.24, 2.45) is 0 Å². The van der Waals surface area contributed by atoms with E-state index in [1.807, 2.05) is 20.8 Å². The van der Waals surface area contributed by atoms with Gasteiger partial charge in [-0.1, -0.05) is 17.7 Å². The molecule has 0 bridgehead atoms. The highest BCUT2D eigenvalue weighted by atomic mass is 35.5. The summed E-state index contributed by atoms with van der Waals surface area (Å²) in [5, 5.41) is 0.133. The third-order valence-electron chi connectivity index (χ3n) is 3.93. The van der Waals surface area contributed by atoms with Crippen molar-refractivity contribution in [1.82, 2.24) is 9.88 Å². The second-order valence-corrected chi connectivity index (χ2v) is 7.09. The Labute approximate surface area is 140 Å². The summed E-state index contributed by atoms with van der Waals surface area (Å²) in [6, 6.07) is 3.21. The maximum absolute atomic E-state index is 13.8. The molecule has 0 aliphatic heterocycles. The molecule has 0 unspecified atom stereocenters. The number of ether oxygens (including phenoxy) is 2. The average molecular weight is 345 g/mol. The smallest absolute Gasteiger partial charge is 0.412 e. The lowest BCUT2D eigenvalue weighted by Gasteiger charge is -2.39. The molecule has 0 saturated heterocycles. The largest absolute Gasteiger partial charge is 0.446 e. The highest BCUT2D eigenvalue weighted by Crippen LogP contribution is 2.40. The molecule has 1 aromatic heterocycles. The number of halogens is 2. The van der Waals surface area contributed by atoms with Crippen LogP contribution in [0.2, 0.25) is 5.15 Å². The van der Waals surface area contributed by atoms with Gasteiger partial charge in [-0.05, 0) is 45.6 Å². The van der Waals surface area contributed by atoms with Gasteiger partial charge < -0.3 is 9.47 Å². The monoisotopic (exact) mass is 344 g/mol. The van der Waals surface area contributed by atoms with Crippen molar-refractivity contribution in [1.29, 1.82) is 0 Å². The van der Waals surface area contributed by atoms with Gasteiger partial charge in [0.05, 0.1) is 0 Å². The van der Waals surface area contributed by atoms with E-state index in [1.165, 1.54) is 12.0 Å². The topological polar surface area (TPSA) is 51.7 Å². The van der Waals surface area contributed by atoms with E-state index in [0.29, 0.717) is 18.4 Å². The molecule has 1 fully saturated rings. The van der Waals surface area contributed by atoms with Crippen molar-refractivity contribution in [3.05, 3.63) is 28.8 Å². The fourth-order valence-electron chi connectivity index (χ4n) is 2.50. The van der Waals surface area contributed by atoms with E-state index < -0.39 is 17.6 Å². The molecule has 0 spiro atoms. The maximum Gasteiger partial charge on any atom is 0.412 e. The maximum atomic E-state index is 13.8. The molecule has 2 rings (SSSR count). The molecule has 1 amide bonds. The first-order valence-electron chi connectivity index (χ1n) is 7.51. The van der Waals surface area contributed by atoms with Crippen LogP contribution in [0.5, 0.6) is 0 Å². The van der Waals surface area contributed by atoms with Crippen LogP contribution in [0.4, 0.5) is 9.18 Å². The number of carbonyl (C=O) groups excluding carboxylic acids is 1. The minimum atomic E-state index is -0.553. The van der Waals surface area contributed by atoms with Crippen LogP contribution in [0, 0.1) is 5.95 Å². The van der Waals surface area contributed by atoms with Crippen molar-refractivity contribution in [2.45, 2.75) is 51.2 Å². The fraction of sp³-hybridized carbons (Fsp3) is 0.625. The second kappa shape index (κ2) is 7.01. The molecule has 1 saturated carbocycles. The van der Waals surface area contributed by atoms with Gasteiger partial charge in [-0.15, -0.1) is 0 Å². The Hall–Kier alpha value is -1.40. The third kappa shape index (κ3) is 4.32. The molecule has 1 heterocycles. The van der Waals surface area contributed by atoms with Crippen LogP contribution in [-0.2, 0) is 9.47 Å². The second-order valence-electron chi connectivity index (χ2n) is 6.70. The molecule has 0 atom stereocenters. The van der Waals surface area contributed by atoms with Gasteiger partial charge in [0.15, 0.2) is 0 Å². The molecule has 7 heteroatoms. The zero-order valence-corrected chi connectivity index (χ0v) is 14.6. The van der Waals surface area contributed by atoms with Crippen LogP contribution >= 0.6 is 11.6 Å². The van der Waals surface area contributed by atoms with Gasteiger partial charge >= 0.3 is 6.09 Å². The number of methoxy groups -OCH3 is 1. The van der Waals surface area contributed by atoms with Crippen LogP contribution in [0.15, 0.2) is 12.1 Å². The summed E-state index contributed by atoms with van der Waals surface area (Å²) in [7, 11) is 1.53. The molecule has 23 heavy (non-hydrogen) atoms. The normalized spacial score (nSPS) is 20.8. The van der Waals surface area contributed by atoms with Gasteiger partial charge in [-0.2, -0.15) is 4.39 Å². The number of aromatic nitrogens is 1. The highest BCUT2D eigenvalue weighted by molar-refractivity contribution is 6.29. The van der Waals surface area contributed by atoms with Gasteiger partial charge in [0.2, 0.25) is 5.95 Å². The number of pyridine rings is 1. The first kappa shape index (κ1) is 17.9. The average Bonchev–Trinajstić information content (AvgIpc) is 2.39. The molecule has 5 nitrogen and oxygen atoms in total. The lowest BCUT2D eigenvalue weighted by molar-refractivity contribution is -0.0328. The van der Waals surface area contributed by atoms with Crippen molar-refractivity contribution in [3.8, 4) is 0 Å². The molecule has 1 aliphatic rings. The van der Waals surface area contributed by atoms with E-state index in [0.717, 1.165) is 0 Å². The number of amides is 1. The molecule has 0 aromatic carbocycles. The minimum Gasteiger partial charge on any atom is -0.446 e. The van der Waals surface area contributed by atoms with Crippen molar-refractivity contribution in [2.75, 3.05) is 13.8 Å². The molecule has 1 aliphatic carbocycles. The number of rotatable bonds is 4. The predicted molar refractivity (Wildman–Crippen MR) is 84.9 cm³/mol. The minimum absolute atomic E-state index is 0.00285. The zero-order chi connectivity index (χ0) is 17.2. The van der Waals surface area contributed by atoms with Crippen molar-refractivity contribution >= 4 is 17.7 Å². The van der Waals surface area contributed by atoms with Crippen LogP contribution in [0.25, 0.3) is 0 Å². The highest BCUT2D eigenvalue weighted by Gasteiger charge is 2.37. The summed E-state index contributed by atoms with van der Waals surface area (Å²) in [6.45, 7) is 5.89. The zero-order valence-electron chi connectivity index (χ0n) is 13.8. The Morgan fingerprint density at radius 1 is 1.43 bits per heavy atom. The molecule has 1 aromatic rings. The van der Waals surface area contributed by atoms with Crippen LogP contribution < -0.4 is 0 Å². The summed E-state index contributed by atoms with van der Waals surface area (Å²) in [5.74, 6) is -0.550. The van der Waals surface area contributed by atoms with E-state index in [4.69, 9.17) is 21.1 Å². The Balaban J connectivity index is 1.91. The molecular weight excluding hydrogens is 323 g/mol. The van der Waals surface area contributed by atoms with E-state index in [1.54, 1.807) is 12.1 Å². The summed E-state index contributed by atoms with van der Waals surface area (Å²) >= 11 is 5.65. The number of carbonyl (C=O) groups is 1. The number of hydrogen-bond donors (Lipinski definition) is 0. The number of hydrogen-bond acceptors (Lipinski definition) is 4. The van der Waals surface area contributed by atoms with E-state index in [-0.39, 0.29) is 23.9 Å². The van der Waals surface area contributed by atoms with E-state index in [2.05, 4.69) is 4.98 Å². The Bertz CT molecular complexity index is 571. The molecule has 128 valence electrons. The van der Waals surface area contributed by atoms with Gasteiger partial charge in [0.25, 0.3) is 0 Å². The SMILES string of the molecule is COCN(C(=O)OC1CC(c2ccc(Cl)nc2F)C1)C(C)(C)C. The molecular formula is C16H22ClFN2O3. The summed E-state index contributed by atoms with van der Waals surface area (Å²) < 4.78 is 24.3. The van der Waals surface area contributed by atoms with Gasteiger partial charge in [0, 0.05) is 18.2 Å². The lowest BCUT2D eigenvalue weighted by atomic mass is 9.78. The lowest BCUT2D eigenvalue weighted by Crippen LogP contribution is -2.48. The Morgan fingerprint density at radius 3 is 2.61 bits per heavy atom. The fourth-order valence-corrected chi connectivity index (χ4v) is 2.64. The Morgan fingerprint density at radius 2 is 2.09 bits per heavy atom. The quantitative estimate of drug-likeness (QED) is 0.612. The van der Waals surface area contributed by atoms with E-state index >= 15 is 0 Å². The van der Waals surface area contributed by atoms with Crippen LogP contribution in [0.1, 0.15) is 45.1 Å². The first-order valence-corrected chi connectivity index (χ1v) is 7.89. The first-order chi connectivity index (χ1) is 10.7. The predicted octanol–water partition coefficient (Wildman–Crippen LogP) is 3.96. The summed E-state index contributed by atoms with van der Waals surface area (Å²) in [6.07, 6.45) is 0.523. The number of nitrogens with zero attached hydrogens (tertiary/aromatic N) is 2. The van der Waals surface area contributed by atoms with Crippen LogP contribution in [0.3, 0.4) is 0 Å².